The van der Waals surface area contributed by atoms with Crippen molar-refractivity contribution in [3.8, 4) is 0 Å². The molecule has 0 aliphatic carbocycles. The highest BCUT2D eigenvalue weighted by Gasteiger charge is 2.08. The summed E-state index contributed by atoms with van der Waals surface area (Å²) in [6, 6.07) is 3.21. The molecule has 2 rings (SSSR count). The van der Waals surface area contributed by atoms with Crippen LogP contribution < -0.4 is 5.73 Å². The van der Waals surface area contributed by atoms with Gasteiger partial charge in [0.25, 0.3) is 0 Å². The predicted octanol–water partition coefficient (Wildman–Crippen LogP) is 3.21. The van der Waals surface area contributed by atoms with Gasteiger partial charge < -0.3 is 5.73 Å². The SMILES string of the molecule is Cc1cn(N=Cc2ccc(Br)c(Cl)c2F)c(N)n1. The minimum absolute atomic E-state index is 0.0220. The third kappa shape index (κ3) is 2.54. The lowest BCUT2D eigenvalue weighted by atomic mass is 10.2. The number of hydrogen-bond acceptors (Lipinski definition) is 3. The first kappa shape index (κ1) is 13.0. The molecule has 94 valence electrons. The molecule has 7 heteroatoms. The maximum Gasteiger partial charge on any atom is 0.221 e. The molecule has 0 unspecified atom stereocenters. The van der Waals surface area contributed by atoms with Gasteiger partial charge in [-0.25, -0.2) is 14.1 Å². The monoisotopic (exact) mass is 330 g/mol. The molecule has 0 radical (unpaired) electrons. The van der Waals surface area contributed by atoms with E-state index in [1.165, 1.54) is 10.9 Å². The Hall–Kier alpha value is -1.40. The van der Waals surface area contributed by atoms with Gasteiger partial charge in [0.15, 0.2) is 5.82 Å². The van der Waals surface area contributed by atoms with E-state index in [1.54, 1.807) is 25.3 Å². The molecule has 0 aliphatic rings. The van der Waals surface area contributed by atoms with Gasteiger partial charge in [-0.15, -0.1) is 0 Å². The number of nitrogen functional groups attached to an aromatic ring is 1. The van der Waals surface area contributed by atoms with Crippen LogP contribution in [0.2, 0.25) is 5.02 Å². The molecule has 0 fully saturated rings. The second kappa shape index (κ2) is 5.07. The number of aryl methyl sites for hydroxylation is 1. The van der Waals surface area contributed by atoms with E-state index in [2.05, 4.69) is 26.0 Å². The van der Waals surface area contributed by atoms with E-state index < -0.39 is 5.82 Å². The van der Waals surface area contributed by atoms with E-state index in [4.69, 9.17) is 17.3 Å². The smallest absolute Gasteiger partial charge is 0.221 e. The number of aromatic nitrogens is 2. The van der Waals surface area contributed by atoms with Crippen molar-refractivity contribution in [2.45, 2.75) is 6.92 Å². The van der Waals surface area contributed by atoms with Crippen LogP contribution in [0.15, 0.2) is 27.9 Å². The van der Waals surface area contributed by atoms with E-state index in [9.17, 15) is 4.39 Å². The highest BCUT2D eigenvalue weighted by Crippen LogP contribution is 2.26. The number of anilines is 1. The lowest BCUT2D eigenvalue weighted by molar-refractivity contribution is 0.625. The summed E-state index contributed by atoms with van der Waals surface area (Å²) < 4.78 is 15.6. The van der Waals surface area contributed by atoms with Crippen molar-refractivity contribution in [2.75, 3.05) is 5.73 Å². The molecular weight excluding hydrogens is 323 g/mol. The van der Waals surface area contributed by atoms with Crippen molar-refractivity contribution in [2.24, 2.45) is 5.10 Å². The average molecular weight is 332 g/mol. The van der Waals surface area contributed by atoms with Gasteiger partial charge in [-0.1, -0.05) is 11.6 Å². The lowest BCUT2D eigenvalue weighted by Crippen LogP contribution is -1.98. The molecule has 2 aromatic rings. The molecule has 2 N–H and O–H groups in total. The van der Waals surface area contributed by atoms with Gasteiger partial charge in [0.2, 0.25) is 5.95 Å². The summed E-state index contributed by atoms with van der Waals surface area (Å²) in [5.74, 6) is -0.294. The molecule has 1 aromatic carbocycles. The van der Waals surface area contributed by atoms with Crippen LogP contribution in [-0.4, -0.2) is 15.9 Å². The van der Waals surface area contributed by atoms with E-state index in [1.807, 2.05) is 0 Å². The summed E-state index contributed by atoms with van der Waals surface area (Å²) >= 11 is 8.91. The molecule has 0 bridgehead atoms. The van der Waals surface area contributed by atoms with Crippen LogP contribution in [0.3, 0.4) is 0 Å². The van der Waals surface area contributed by atoms with Gasteiger partial charge in [0, 0.05) is 10.0 Å². The van der Waals surface area contributed by atoms with Crippen LogP contribution >= 0.6 is 27.5 Å². The van der Waals surface area contributed by atoms with E-state index in [0.29, 0.717) is 4.47 Å². The third-order valence-electron chi connectivity index (χ3n) is 2.22. The van der Waals surface area contributed by atoms with Crippen molar-refractivity contribution in [3.05, 3.63) is 44.9 Å². The fourth-order valence-corrected chi connectivity index (χ4v) is 1.84. The zero-order valence-electron chi connectivity index (χ0n) is 9.36. The summed E-state index contributed by atoms with van der Waals surface area (Å²) in [4.78, 5) is 3.98. The number of halogens is 3. The minimum atomic E-state index is -0.537. The van der Waals surface area contributed by atoms with Crippen molar-refractivity contribution < 1.29 is 4.39 Å². The molecule has 0 spiro atoms. The number of imidazole rings is 1. The van der Waals surface area contributed by atoms with E-state index in [0.717, 1.165) is 5.69 Å². The van der Waals surface area contributed by atoms with Crippen molar-refractivity contribution in [1.82, 2.24) is 9.66 Å². The Kier molecular flexibility index (Phi) is 3.68. The highest BCUT2D eigenvalue weighted by molar-refractivity contribution is 9.10. The van der Waals surface area contributed by atoms with Crippen molar-refractivity contribution in [1.29, 1.82) is 0 Å². The Bertz CT molecular complexity index is 624. The number of rotatable bonds is 2. The normalized spacial score (nSPS) is 11.3. The Balaban J connectivity index is 2.35. The molecule has 0 saturated carbocycles. The Morgan fingerprint density at radius 1 is 1.56 bits per heavy atom. The molecule has 4 nitrogen and oxygen atoms in total. The second-order valence-corrected chi connectivity index (χ2v) is 4.83. The molecule has 18 heavy (non-hydrogen) atoms. The Morgan fingerprint density at radius 2 is 2.28 bits per heavy atom. The maximum absolute atomic E-state index is 13.8. The largest absolute Gasteiger partial charge is 0.368 e. The first-order valence-corrected chi connectivity index (χ1v) is 6.15. The van der Waals surface area contributed by atoms with Crippen molar-refractivity contribution in [3.63, 3.8) is 0 Å². The zero-order valence-corrected chi connectivity index (χ0v) is 11.7. The summed E-state index contributed by atoms with van der Waals surface area (Å²) in [6.45, 7) is 1.79. The molecular formula is C11H9BrClFN4. The lowest BCUT2D eigenvalue weighted by Gasteiger charge is -2.01. The summed E-state index contributed by atoms with van der Waals surface area (Å²) in [6.07, 6.45) is 2.98. The first-order valence-electron chi connectivity index (χ1n) is 4.98. The maximum atomic E-state index is 13.8. The van der Waals surface area contributed by atoms with E-state index in [-0.39, 0.29) is 16.5 Å². The van der Waals surface area contributed by atoms with Gasteiger partial charge in [0.05, 0.1) is 23.1 Å². The van der Waals surface area contributed by atoms with Crippen LogP contribution in [0.4, 0.5) is 10.3 Å². The van der Waals surface area contributed by atoms with Crippen LogP contribution in [0.25, 0.3) is 0 Å². The predicted molar refractivity (Wildman–Crippen MR) is 73.5 cm³/mol. The van der Waals surface area contributed by atoms with E-state index >= 15 is 0 Å². The fraction of sp³-hybridized carbons (Fsp3) is 0.0909. The molecule has 0 amide bonds. The number of nitrogens with two attached hydrogens (primary N) is 1. The first-order chi connectivity index (χ1) is 8.49. The van der Waals surface area contributed by atoms with Gasteiger partial charge in [0.1, 0.15) is 0 Å². The summed E-state index contributed by atoms with van der Waals surface area (Å²) in [5, 5.41) is 4.04. The van der Waals surface area contributed by atoms with Gasteiger partial charge in [-0.05, 0) is 35.0 Å². The van der Waals surface area contributed by atoms with Crippen LogP contribution in [0.1, 0.15) is 11.3 Å². The van der Waals surface area contributed by atoms with Crippen LogP contribution in [0.5, 0.6) is 0 Å². The standard InChI is InChI=1S/C11H9BrClFN4/c1-6-5-18(11(15)17-6)16-4-7-2-3-8(12)9(13)10(7)14/h2-5H,1H3,(H2,15,17). The number of nitrogens with zero attached hydrogens (tertiary/aromatic N) is 3. The van der Waals surface area contributed by atoms with Crippen LogP contribution in [0, 0.1) is 12.7 Å². The minimum Gasteiger partial charge on any atom is -0.368 e. The molecule has 0 saturated heterocycles. The Morgan fingerprint density at radius 3 is 2.89 bits per heavy atom. The van der Waals surface area contributed by atoms with Gasteiger partial charge >= 0.3 is 0 Å². The van der Waals surface area contributed by atoms with Gasteiger partial charge in [-0.3, -0.25) is 0 Å². The number of benzene rings is 1. The fourth-order valence-electron chi connectivity index (χ4n) is 1.36. The zero-order chi connectivity index (χ0) is 13.3. The summed E-state index contributed by atoms with van der Waals surface area (Å²) in [5.41, 5.74) is 6.62. The van der Waals surface area contributed by atoms with Crippen molar-refractivity contribution >= 4 is 39.7 Å². The highest BCUT2D eigenvalue weighted by atomic mass is 79.9. The van der Waals surface area contributed by atoms with Gasteiger partial charge in [-0.2, -0.15) is 5.10 Å². The second-order valence-electron chi connectivity index (χ2n) is 3.59. The Labute approximate surface area is 116 Å². The summed E-state index contributed by atoms with van der Waals surface area (Å²) in [7, 11) is 0. The topological polar surface area (TPSA) is 56.2 Å². The average Bonchev–Trinajstić information content (AvgIpc) is 2.64. The number of hydrogen-bond donors (Lipinski definition) is 1. The molecule has 1 heterocycles. The quantitative estimate of drug-likeness (QED) is 0.678. The van der Waals surface area contributed by atoms with Crippen LogP contribution in [-0.2, 0) is 0 Å². The molecule has 0 atom stereocenters. The molecule has 1 aromatic heterocycles. The third-order valence-corrected chi connectivity index (χ3v) is 3.48. The molecule has 0 aliphatic heterocycles.